The summed E-state index contributed by atoms with van der Waals surface area (Å²) in [7, 11) is 1.70. The number of hydrogen-bond acceptors (Lipinski definition) is 3. The molecule has 0 saturated carbocycles. The Balaban J connectivity index is 0.000000196. The quantitative estimate of drug-likeness (QED) is 0.493. The van der Waals surface area contributed by atoms with Gasteiger partial charge in [-0.15, -0.1) is 11.6 Å². The number of methoxy groups -OCH3 is 1. The van der Waals surface area contributed by atoms with Crippen molar-refractivity contribution in [3.63, 3.8) is 0 Å². The van der Waals surface area contributed by atoms with E-state index in [0.29, 0.717) is 0 Å². The van der Waals surface area contributed by atoms with E-state index in [1.807, 2.05) is 6.07 Å². The van der Waals surface area contributed by atoms with Crippen LogP contribution in [0.5, 0.6) is 5.75 Å². The summed E-state index contributed by atoms with van der Waals surface area (Å²) in [6.07, 6.45) is -4.67. The smallest absolute Gasteiger partial charge is 0.490 e. The molecule has 0 spiro atoms. The van der Waals surface area contributed by atoms with Crippen molar-refractivity contribution in [3.05, 3.63) is 18.2 Å². The third-order valence-corrected chi connectivity index (χ3v) is 2.44. The second kappa shape index (κ2) is 6.65. The first-order valence-corrected chi connectivity index (χ1v) is 5.92. The number of alkyl halides is 4. The van der Waals surface area contributed by atoms with Crippen molar-refractivity contribution < 1.29 is 27.4 Å². The Morgan fingerprint density at radius 2 is 2.05 bits per heavy atom. The minimum atomic E-state index is -4.90. The molecule has 0 heterocycles. The van der Waals surface area contributed by atoms with E-state index in [1.165, 1.54) is 11.1 Å². The highest BCUT2D eigenvalue weighted by molar-refractivity contribution is 6.17. The van der Waals surface area contributed by atoms with Crippen LogP contribution in [0.4, 0.5) is 13.2 Å². The standard InChI is InChI=1S/C7H6O.C5H6ClF3O2/c1-8-7-3-2-5-4-6(5)7;6-2-1-3-11-4(10)5(7,8)9/h2-4H,1H3;1-3H2. The fourth-order valence-electron chi connectivity index (χ4n) is 1.21. The van der Waals surface area contributed by atoms with Crippen molar-refractivity contribution in [3.8, 4) is 16.9 Å². The third kappa shape index (κ3) is 4.98. The van der Waals surface area contributed by atoms with Gasteiger partial charge in [-0.25, -0.2) is 4.79 Å². The van der Waals surface area contributed by atoms with Crippen molar-refractivity contribution in [2.75, 3.05) is 19.6 Å². The predicted molar refractivity (Wildman–Crippen MR) is 64.3 cm³/mol. The molecule has 0 amide bonds. The van der Waals surface area contributed by atoms with E-state index in [9.17, 15) is 18.0 Å². The predicted octanol–water partition coefficient (Wildman–Crippen LogP) is 3.40. The average molecular weight is 297 g/mol. The molecule has 0 aromatic carbocycles. The van der Waals surface area contributed by atoms with Gasteiger partial charge in [0.1, 0.15) is 5.75 Å². The molecular formula is C12H12ClF3O3. The number of carbonyl (C=O) groups excluding carboxylic acids is 1. The van der Waals surface area contributed by atoms with Crippen LogP contribution in [0.3, 0.4) is 0 Å². The van der Waals surface area contributed by atoms with Crippen molar-refractivity contribution in [1.82, 2.24) is 0 Å². The fourth-order valence-corrected chi connectivity index (χ4v) is 1.31. The molecule has 0 atom stereocenters. The number of halogens is 4. The third-order valence-electron chi connectivity index (χ3n) is 2.17. The zero-order valence-corrected chi connectivity index (χ0v) is 10.8. The van der Waals surface area contributed by atoms with Crippen LogP contribution in [0.15, 0.2) is 18.2 Å². The highest BCUT2D eigenvalue weighted by atomic mass is 35.5. The number of ether oxygens (including phenoxy) is 2. The maximum atomic E-state index is 11.4. The molecule has 0 bridgehead atoms. The van der Waals surface area contributed by atoms with Gasteiger partial charge in [0.15, 0.2) is 0 Å². The van der Waals surface area contributed by atoms with Crippen molar-refractivity contribution >= 4 is 17.6 Å². The highest BCUT2D eigenvalue weighted by Crippen LogP contribution is 2.43. The zero-order valence-electron chi connectivity index (χ0n) is 10.1. The van der Waals surface area contributed by atoms with Gasteiger partial charge in [-0.05, 0) is 24.1 Å². The van der Waals surface area contributed by atoms with Gasteiger partial charge in [0, 0.05) is 11.4 Å². The number of esters is 1. The molecule has 106 valence electrons. The number of hydrogen-bond donors (Lipinski definition) is 0. The molecule has 0 unspecified atom stereocenters. The van der Waals surface area contributed by atoms with Crippen LogP contribution in [0.2, 0.25) is 0 Å². The first-order valence-electron chi connectivity index (χ1n) is 5.38. The maximum absolute atomic E-state index is 11.4. The van der Waals surface area contributed by atoms with E-state index < -0.39 is 12.1 Å². The monoisotopic (exact) mass is 296 g/mol. The van der Waals surface area contributed by atoms with E-state index >= 15 is 0 Å². The van der Waals surface area contributed by atoms with Crippen molar-refractivity contribution in [2.24, 2.45) is 0 Å². The highest BCUT2D eigenvalue weighted by Gasteiger charge is 2.40. The van der Waals surface area contributed by atoms with E-state index in [4.69, 9.17) is 16.3 Å². The summed E-state index contributed by atoms with van der Waals surface area (Å²) in [6, 6.07) is 6.16. The summed E-state index contributed by atoms with van der Waals surface area (Å²) in [6.45, 7) is -0.290. The molecule has 0 fully saturated rings. The minimum Gasteiger partial charge on any atom is -0.496 e. The second-order valence-corrected chi connectivity index (χ2v) is 3.97. The number of benzene rings is 1. The topological polar surface area (TPSA) is 35.5 Å². The second-order valence-electron chi connectivity index (χ2n) is 3.59. The Bertz CT molecular complexity index is 446. The van der Waals surface area contributed by atoms with Gasteiger partial charge in [-0.1, -0.05) is 6.07 Å². The Hall–Kier alpha value is -1.43. The SMILES string of the molecule is COc1ccc2cc1-2.O=C(OCCCCl)C(F)(F)F. The Morgan fingerprint density at radius 1 is 1.37 bits per heavy atom. The lowest BCUT2D eigenvalue weighted by Gasteiger charge is -2.05. The van der Waals surface area contributed by atoms with Gasteiger partial charge in [0.05, 0.1) is 13.7 Å². The molecule has 19 heavy (non-hydrogen) atoms. The van der Waals surface area contributed by atoms with Crippen LogP contribution >= 0.6 is 11.6 Å². The Labute approximate surface area is 113 Å². The summed E-state index contributed by atoms with van der Waals surface area (Å²) in [5.41, 5.74) is 2.62. The molecule has 0 aromatic heterocycles. The largest absolute Gasteiger partial charge is 0.496 e. The van der Waals surface area contributed by atoms with Crippen LogP contribution in [-0.2, 0) is 9.53 Å². The van der Waals surface area contributed by atoms with Gasteiger partial charge in [0.25, 0.3) is 0 Å². The molecule has 7 heteroatoms. The lowest BCUT2D eigenvalue weighted by atomic mass is 10.5. The first kappa shape index (κ1) is 15.6. The molecule has 3 nitrogen and oxygen atoms in total. The van der Waals surface area contributed by atoms with Gasteiger partial charge in [-0.2, -0.15) is 13.2 Å². The van der Waals surface area contributed by atoms with Crippen LogP contribution < -0.4 is 4.74 Å². The number of fused-ring (bicyclic) bond motifs is 1. The number of rotatable bonds is 4. The van der Waals surface area contributed by atoms with E-state index in [0.717, 1.165) is 5.75 Å². The summed E-state index contributed by atoms with van der Waals surface area (Å²) in [4.78, 5) is 9.95. The first-order chi connectivity index (χ1) is 8.90. The summed E-state index contributed by atoms with van der Waals surface area (Å²) in [5.74, 6) is -0.979. The lowest BCUT2D eigenvalue weighted by molar-refractivity contribution is -0.199. The van der Waals surface area contributed by atoms with Crippen LogP contribution in [-0.4, -0.2) is 31.7 Å². The molecule has 2 aliphatic carbocycles. The van der Waals surface area contributed by atoms with E-state index in [1.54, 1.807) is 7.11 Å². The van der Waals surface area contributed by atoms with Gasteiger partial charge in [0.2, 0.25) is 0 Å². The molecule has 0 N–H and O–H groups in total. The fraction of sp³-hybridized carbons (Fsp3) is 0.417. The molecule has 2 aliphatic rings. The average Bonchev–Trinajstić information content (AvgIpc) is 3.01. The van der Waals surface area contributed by atoms with E-state index in [2.05, 4.69) is 16.9 Å². The molecule has 0 radical (unpaired) electrons. The van der Waals surface area contributed by atoms with Crippen LogP contribution in [0, 0.1) is 0 Å². The maximum Gasteiger partial charge on any atom is 0.490 e. The molecule has 0 saturated heterocycles. The Kier molecular flexibility index (Phi) is 5.47. The van der Waals surface area contributed by atoms with E-state index in [-0.39, 0.29) is 18.9 Å². The lowest BCUT2D eigenvalue weighted by Crippen LogP contribution is -2.25. The van der Waals surface area contributed by atoms with Gasteiger partial charge < -0.3 is 9.47 Å². The van der Waals surface area contributed by atoms with Crippen molar-refractivity contribution in [1.29, 1.82) is 0 Å². The van der Waals surface area contributed by atoms with Crippen LogP contribution in [0.1, 0.15) is 6.42 Å². The summed E-state index contributed by atoms with van der Waals surface area (Å²) in [5, 5.41) is 0. The van der Waals surface area contributed by atoms with Gasteiger partial charge in [-0.3, -0.25) is 0 Å². The molecule has 0 aliphatic heterocycles. The zero-order chi connectivity index (χ0) is 14.5. The normalized spacial score (nSPS) is 11.2. The number of carbonyl (C=O) groups is 1. The Morgan fingerprint density at radius 3 is 2.37 bits per heavy atom. The molecule has 2 rings (SSSR count). The summed E-state index contributed by atoms with van der Waals surface area (Å²) >= 11 is 5.13. The molecular weight excluding hydrogens is 285 g/mol. The van der Waals surface area contributed by atoms with Crippen molar-refractivity contribution in [2.45, 2.75) is 12.6 Å². The summed E-state index contributed by atoms with van der Waals surface area (Å²) < 4.78 is 42.9. The minimum absolute atomic E-state index is 0.172. The van der Waals surface area contributed by atoms with Crippen LogP contribution in [0.25, 0.3) is 11.1 Å². The molecule has 0 aromatic rings. The van der Waals surface area contributed by atoms with Gasteiger partial charge >= 0.3 is 12.1 Å².